The van der Waals surface area contributed by atoms with E-state index in [0.717, 1.165) is 39.5 Å². The van der Waals surface area contributed by atoms with Crippen LogP contribution < -0.4 is 0 Å². The monoisotopic (exact) mass is 387 g/mol. The second kappa shape index (κ2) is 7.21. The molecule has 2 N–H and O–H groups in total. The molecule has 5 nitrogen and oxygen atoms in total. The SMILES string of the molecule is O=C(O)N1CCC(c2[nH]c3ncccc3c2Sc2ccc(Cl)cc2)CC1. The number of hydrogen-bond donors (Lipinski definition) is 2. The first-order valence-electron chi connectivity index (χ1n) is 8.49. The summed E-state index contributed by atoms with van der Waals surface area (Å²) in [7, 11) is 0. The van der Waals surface area contributed by atoms with Gasteiger partial charge in [0.15, 0.2) is 0 Å². The lowest BCUT2D eigenvalue weighted by molar-refractivity contribution is 0.131. The van der Waals surface area contributed by atoms with E-state index in [1.165, 1.54) is 9.80 Å². The Morgan fingerprint density at radius 2 is 1.96 bits per heavy atom. The molecule has 0 spiro atoms. The number of fused-ring (bicyclic) bond motifs is 1. The number of carboxylic acid groups (broad SMARTS) is 1. The number of benzene rings is 1. The lowest BCUT2D eigenvalue weighted by atomic mass is 9.93. The van der Waals surface area contributed by atoms with E-state index in [2.05, 4.69) is 16.0 Å². The maximum Gasteiger partial charge on any atom is 0.407 e. The fourth-order valence-corrected chi connectivity index (χ4v) is 4.63. The van der Waals surface area contributed by atoms with Crippen molar-refractivity contribution in [3.63, 3.8) is 0 Å². The summed E-state index contributed by atoms with van der Waals surface area (Å²) in [5, 5.41) is 11.0. The van der Waals surface area contributed by atoms with Gasteiger partial charge in [-0.2, -0.15) is 0 Å². The van der Waals surface area contributed by atoms with Crippen molar-refractivity contribution in [2.24, 2.45) is 0 Å². The van der Waals surface area contributed by atoms with Crippen molar-refractivity contribution in [2.45, 2.75) is 28.6 Å². The Balaban J connectivity index is 1.68. The first-order chi connectivity index (χ1) is 12.6. The summed E-state index contributed by atoms with van der Waals surface area (Å²) < 4.78 is 0. The zero-order valence-corrected chi connectivity index (χ0v) is 15.6. The molecule has 0 aliphatic carbocycles. The van der Waals surface area contributed by atoms with Crippen LogP contribution in [-0.4, -0.2) is 39.2 Å². The molecule has 0 radical (unpaired) electrons. The number of aromatic amines is 1. The fraction of sp³-hybridized carbons (Fsp3) is 0.263. The minimum absolute atomic E-state index is 0.301. The molecule has 1 aliphatic rings. The second-order valence-corrected chi connectivity index (χ2v) is 7.89. The highest BCUT2D eigenvalue weighted by Gasteiger charge is 2.27. The molecule has 0 unspecified atom stereocenters. The van der Waals surface area contributed by atoms with Gasteiger partial charge in [0.25, 0.3) is 0 Å². The molecule has 2 aromatic heterocycles. The summed E-state index contributed by atoms with van der Waals surface area (Å²) in [5.74, 6) is 0.301. The van der Waals surface area contributed by atoms with Gasteiger partial charge in [-0.15, -0.1) is 0 Å². The van der Waals surface area contributed by atoms with Crippen molar-refractivity contribution < 1.29 is 9.90 Å². The number of likely N-dealkylation sites (tertiary alicyclic amines) is 1. The van der Waals surface area contributed by atoms with Gasteiger partial charge in [-0.05, 0) is 49.2 Å². The zero-order chi connectivity index (χ0) is 18.1. The van der Waals surface area contributed by atoms with E-state index in [1.54, 1.807) is 18.0 Å². The molecular formula is C19H18ClN3O2S. The minimum atomic E-state index is -0.836. The number of rotatable bonds is 3. The number of pyridine rings is 1. The maximum atomic E-state index is 11.2. The summed E-state index contributed by atoms with van der Waals surface area (Å²) in [4.78, 5) is 22.9. The van der Waals surface area contributed by atoms with Gasteiger partial charge in [-0.25, -0.2) is 9.78 Å². The lowest BCUT2D eigenvalue weighted by Crippen LogP contribution is -2.36. The smallest absolute Gasteiger partial charge is 0.407 e. The van der Waals surface area contributed by atoms with E-state index in [1.807, 2.05) is 30.3 Å². The van der Waals surface area contributed by atoms with Crippen LogP contribution in [0.5, 0.6) is 0 Å². The molecule has 7 heteroatoms. The number of nitrogens with one attached hydrogen (secondary N) is 1. The molecule has 26 heavy (non-hydrogen) atoms. The van der Waals surface area contributed by atoms with Crippen molar-refractivity contribution in [1.82, 2.24) is 14.9 Å². The van der Waals surface area contributed by atoms with Gasteiger partial charge in [0.05, 0.1) is 0 Å². The normalized spacial score (nSPS) is 15.5. The Kier molecular flexibility index (Phi) is 4.78. The van der Waals surface area contributed by atoms with Crippen LogP contribution in [0.15, 0.2) is 52.4 Å². The van der Waals surface area contributed by atoms with Crippen LogP contribution in [0.25, 0.3) is 11.0 Å². The highest BCUT2D eigenvalue weighted by molar-refractivity contribution is 7.99. The number of piperidine rings is 1. The number of hydrogen-bond acceptors (Lipinski definition) is 3. The van der Waals surface area contributed by atoms with Crippen LogP contribution in [-0.2, 0) is 0 Å². The zero-order valence-electron chi connectivity index (χ0n) is 14.0. The van der Waals surface area contributed by atoms with Gasteiger partial charge in [-0.3, -0.25) is 0 Å². The molecular weight excluding hydrogens is 370 g/mol. The molecule has 1 amide bonds. The van der Waals surface area contributed by atoms with Crippen molar-refractivity contribution in [3.8, 4) is 0 Å². The van der Waals surface area contributed by atoms with Gasteiger partial charge in [0.2, 0.25) is 0 Å². The predicted octanol–water partition coefficient (Wildman–Crippen LogP) is 5.22. The average molecular weight is 388 g/mol. The number of halogens is 1. The summed E-state index contributed by atoms with van der Waals surface area (Å²) in [5.41, 5.74) is 2.03. The molecule has 134 valence electrons. The largest absolute Gasteiger partial charge is 0.465 e. The molecule has 4 rings (SSSR count). The van der Waals surface area contributed by atoms with E-state index in [0.29, 0.717) is 19.0 Å². The van der Waals surface area contributed by atoms with Crippen LogP contribution in [0.1, 0.15) is 24.5 Å². The Bertz CT molecular complexity index is 934. The van der Waals surface area contributed by atoms with Crippen LogP contribution in [0.4, 0.5) is 4.79 Å². The van der Waals surface area contributed by atoms with Crippen LogP contribution in [0, 0.1) is 0 Å². The van der Waals surface area contributed by atoms with Gasteiger partial charge < -0.3 is 15.0 Å². The summed E-state index contributed by atoms with van der Waals surface area (Å²) in [6.45, 7) is 1.13. The molecule has 3 heterocycles. The number of amides is 1. The van der Waals surface area contributed by atoms with E-state index in [-0.39, 0.29) is 0 Å². The minimum Gasteiger partial charge on any atom is -0.465 e. The standard InChI is InChI=1S/C19H18ClN3O2S/c20-13-3-5-14(6-4-13)26-17-15-2-1-9-21-18(15)22-16(17)12-7-10-23(11-8-12)19(24)25/h1-6,9,12H,7-8,10-11H2,(H,21,22)(H,24,25). The van der Waals surface area contributed by atoms with Crippen molar-refractivity contribution in [3.05, 3.63) is 53.3 Å². The third-order valence-corrected chi connectivity index (χ3v) is 6.16. The highest BCUT2D eigenvalue weighted by atomic mass is 35.5. The fourth-order valence-electron chi connectivity index (χ4n) is 3.39. The Morgan fingerprint density at radius 3 is 2.65 bits per heavy atom. The first kappa shape index (κ1) is 17.2. The summed E-state index contributed by atoms with van der Waals surface area (Å²) >= 11 is 7.70. The molecule has 1 aliphatic heterocycles. The van der Waals surface area contributed by atoms with Crippen molar-refractivity contribution in [2.75, 3.05) is 13.1 Å². The molecule has 1 aromatic carbocycles. The molecule has 0 atom stereocenters. The van der Waals surface area contributed by atoms with E-state index < -0.39 is 6.09 Å². The average Bonchev–Trinajstić information content (AvgIpc) is 3.02. The third kappa shape index (κ3) is 3.39. The van der Waals surface area contributed by atoms with Crippen LogP contribution >= 0.6 is 23.4 Å². The van der Waals surface area contributed by atoms with E-state index in [4.69, 9.17) is 11.6 Å². The number of H-pyrrole nitrogens is 1. The lowest BCUT2D eigenvalue weighted by Gasteiger charge is -2.30. The highest BCUT2D eigenvalue weighted by Crippen LogP contribution is 2.42. The Hall–Kier alpha value is -2.18. The van der Waals surface area contributed by atoms with Gasteiger partial charge in [0.1, 0.15) is 5.65 Å². The van der Waals surface area contributed by atoms with E-state index >= 15 is 0 Å². The number of aromatic nitrogens is 2. The predicted molar refractivity (Wildman–Crippen MR) is 103 cm³/mol. The van der Waals surface area contributed by atoms with Gasteiger partial charge >= 0.3 is 6.09 Å². The molecule has 1 saturated heterocycles. The van der Waals surface area contributed by atoms with Gasteiger partial charge in [-0.1, -0.05) is 23.4 Å². The quantitative estimate of drug-likeness (QED) is 0.646. The molecule has 3 aromatic rings. The van der Waals surface area contributed by atoms with Crippen LogP contribution in [0.3, 0.4) is 0 Å². The third-order valence-electron chi connectivity index (χ3n) is 4.76. The summed E-state index contributed by atoms with van der Waals surface area (Å²) in [6.07, 6.45) is 2.57. The first-order valence-corrected chi connectivity index (χ1v) is 9.69. The molecule has 0 saturated carbocycles. The maximum absolute atomic E-state index is 11.2. The second-order valence-electron chi connectivity index (χ2n) is 6.37. The van der Waals surface area contributed by atoms with Crippen LogP contribution in [0.2, 0.25) is 5.02 Å². The van der Waals surface area contributed by atoms with Crippen molar-refractivity contribution in [1.29, 1.82) is 0 Å². The topological polar surface area (TPSA) is 69.2 Å². The molecule has 1 fully saturated rings. The Labute approximate surface area is 160 Å². The summed E-state index contributed by atoms with van der Waals surface area (Å²) in [6, 6.07) is 11.8. The van der Waals surface area contributed by atoms with E-state index in [9.17, 15) is 9.90 Å². The van der Waals surface area contributed by atoms with Gasteiger partial charge in [0, 0.05) is 51.1 Å². The molecule has 0 bridgehead atoms. The van der Waals surface area contributed by atoms with Crippen molar-refractivity contribution >= 4 is 40.5 Å². The number of carbonyl (C=O) groups is 1. The Morgan fingerprint density at radius 1 is 1.23 bits per heavy atom. The number of nitrogens with zero attached hydrogens (tertiary/aromatic N) is 2.